The fourth-order valence-corrected chi connectivity index (χ4v) is 4.07. The number of benzene rings is 1. The van der Waals surface area contributed by atoms with Gasteiger partial charge in [0, 0.05) is 50.8 Å². The highest BCUT2D eigenvalue weighted by molar-refractivity contribution is 5.81. The van der Waals surface area contributed by atoms with Crippen molar-refractivity contribution in [2.45, 2.75) is 13.1 Å². The molecule has 1 aliphatic rings. The van der Waals surface area contributed by atoms with Crippen LogP contribution in [0.1, 0.15) is 5.69 Å². The number of piperazine rings is 1. The maximum atomic E-state index is 12.5. The highest BCUT2D eigenvalue weighted by Gasteiger charge is 2.19. The Labute approximate surface area is 173 Å². The lowest BCUT2D eigenvalue weighted by Gasteiger charge is -2.35. The van der Waals surface area contributed by atoms with Gasteiger partial charge in [0.25, 0.3) is 5.56 Å². The van der Waals surface area contributed by atoms with Gasteiger partial charge in [0.15, 0.2) is 0 Å². The Hall–Kier alpha value is -3.23. The van der Waals surface area contributed by atoms with Crippen LogP contribution in [0.3, 0.4) is 0 Å². The van der Waals surface area contributed by atoms with Crippen LogP contribution in [0.25, 0.3) is 16.6 Å². The molecule has 30 heavy (non-hydrogen) atoms. The van der Waals surface area contributed by atoms with Gasteiger partial charge in [0.2, 0.25) is 0 Å². The summed E-state index contributed by atoms with van der Waals surface area (Å²) in [5, 5.41) is 9.66. The number of aliphatic hydroxyl groups is 1. The van der Waals surface area contributed by atoms with Gasteiger partial charge >= 0.3 is 0 Å². The first-order chi connectivity index (χ1) is 14.7. The van der Waals surface area contributed by atoms with Crippen LogP contribution in [0.15, 0.2) is 59.9 Å². The molecular weight excluding hydrogens is 380 g/mol. The molecule has 0 bridgehead atoms. The smallest absolute Gasteiger partial charge is 0.261 e. The minimum absolute atomic E-state index is 0.0790. The van der Waals surface area contributed by atoms with E-state index in [1.807, 2.05) is 42.6 Å². The zero-order valence-electron chi connectivity index (χ0n) is 16.7. The topological polar surface area (TPSA) is 78.9 Å². The Bertz CT molecular complexity index is 1210. The summed E-state index contributed by atoms with van der Waals surface area (Å²) >= 11 is 0. The Morgan fingerprint density at radius 2 is 1.93 bits per heavy atom. The van der Waals surface area contributed by atoms with Gasteiger partial charge in [-0.2, -0.15) is 0 Å². The number of nitrogens with zero attached hydrogens (tertiary/aromatic N) is 6. The predicted octanol–water partition coefficient (Wildman–Crippen LogP) is 1.36. The molecule has 5 rings (SSSR count). The normalized spacial score (nSPS) is 15.3. The third kappa shape index (κ3) is 3.55. The summed E-state index contributed by atoms with van der Waals surface area (Å²) in [6.45, 7) is 4.77. The number of rotatable bonds is 5. The standard InChI is InChI=1S/C22H24N6O2/c29-12-11-28-16-23-20-13-18(4-5-19(20)22(28)30)26-9-7-25(8-10-26)14-17-15-27-6-2-1-3-21(27)24-17/h1-6,13,15-16,29H,7-12,14H2. The van der Waals surface area contributed by atoms with E-state index in [4.69, 9.17) is 10.1 Å². The van der Waals surface area contributed by atoms with Crippen LogP contribution in [0.4, 0.5) is 5.69 Å². The molecule has 0 unspecified atom stereocenters. The van der Waals surface area contributed by atoms with Gasteiger partial charge in [-0.05, 0) is 30.3 Å². The van der Waals surface area contributed by atoms with Crippen molar-refractivity contribution >= 4 is 22.2 Å². The molecule has 1 fully saturated rings. The van der Waals surface area contributed by atoms with E-state index in [0.29, 0.717) is 10.9 Å². The summed E-state index contributed by atoms with van der Waals surface area (Å²) in [5.41, 5.74) is 3.73. The maximum Gasteiger partial charge on any atom is 0.261 e. The van der Waals surface area contributed by atoms with Crippen molar-refractivity contribution in [2.24, 2.45) is 0 Å². The van der Waals surface area contributed by atoms with Crippen LogP contribution in [0.2, 0.25) is 0 Å². The van der Waals surface area contributed by atoms with Gasteiger partial charge in [-0.3, -0.25) is 14.3 Å². The van der Waals surface area contributed by atoms with Crippen LogP contribution < -0.4 is 10.5 Å². The molecule has 1 N–H and O–H groups in total. The fourth-order valence-electron chi connectivity index (χ4n) is 4.07. The largest absolute Gasteiger partial charge is 0.395 e. The van der Waals surface area contributed by atoms with Crippen LogP contribution in [0.5, 0.6) is 0 Å². The van der Waals surface area contributed by atoms with Crippen LogP contribution >= 0.6 is 0 Å². The zero-order chi connectivity index (χ0) is 20.5. The van der Waals surface area contributed by atoms with Gasteiger partial charge in [0.1, 0.15) is 5.65 Å². The minimum atomic E-state index is -0.113. The van der Waals surface area contributed by atoms with Crippen molar-refractivity contribution in [3.63, 3.8) is 0 Å². The molecule has 1 aliphatic heterocycles. The van der Waals surface area contributed by atoms with E-state index in [1.54, 1.807) is 0 Å². The van der Waals surface area contributed by atoms with E-state index >= 15 is 0 Å². The van der Waals surface area contributed by atoms with E-state index in [2.05, 4.69) is 25.4 Å². The van der Waals surface area contributed by atoms with E-state index in [1.165, 1.54) is 10.9 Å². The minimum Gasteiger partial charge on any atom is -0.395 e. The Morgan fingerprint density at radius 1 is 1.07 bits per heavy atom. The number of hydrogen-bond acceptors (Lipinski definition) is 6. The lowest BCUT2D eigenvalue weighted by Crippen LogP contribution is -2.46. The van der Waals surface area contributed by atoms with Crippen molar-refractivity contribution in [1.29, 1.82) is 0 Å². The zero-order valence-corrected chi connectivity index (χ0v) is 16.7. The second-order valence-corrected chi connectivity index (χ2v) is 7.63. The highest BCUT2D eigenvalue weighted by atomic mass is 16.3. The molecule has 4 heterocycles. The third-order valence-electron chi connectivity index (χ3n) is 5.69. The number of hydrogen-bond donors (Lipinski definition) is 1. The Morgan fingerprint density at radius 3 is 2.73 bits per heavy atom. The van der Waals surface area contributed by atoms with E-state index in [-0.39, 0.29) is 18.7 Å². The number of anilines is 1. The van der Waals surface area contributed by atoms with Crippen LogP contribution in [0, 0.1) is 0 Å². The molecule has 0 saturated carbocycles. The number of imidazole rings is 1. The maximum absolute atomic E-state index is 12.5. The number of aliphatic hydroxyl groups excluding tert-OH is 1. The molecule has 0 spiro atoms. The molecule has 8 nitrogen and oxygen atoms in total. The van der Waals surface area contributed by atoms with Crippen molar-refractivity contribution < 1.29 is 5.11 Å². The molecule has 8 heteroatoms. The third-order valence-corrected chi connectivity index (χ3v) is 5.69. The lowest BCUT2D eigenvalue weighted by molar-refractivity contribution is 0.247. The van der Waals surface area contributed by atoms with Gasteiger partial charge < -0.3 is 14.4 Å². The molecule has 1 aromatic carbocycles. The first-order valence-electron chi connectivity index (χ1n) is 10.2. The molecule has 154 valence electrons. The molecule has 0 amide bonds. The summed E-state index contributed by atoms with van der Waals surface area (Å²) in [6, 6.07) is 11.9. The van der Waals surface area contributed by atoms with Gasteiger partial charge in [0.05, 0.1) is 36.1 Å². The fraction of sp³-hybridized carbons (Fsp3) is 0.318. The van der Waals surface area contributed by atoms with Crippen molar-refractivity contribution in [3.05, 3.63) is 71.2 Å². The molecule has 0 radical (unpaired) electrons. The molecule has 3 aromatic heterocycles. The van der Waals surface area contributed by atoms with Gasteiger partial charge in [-0.15, -0.1) is 0 Å². The molecule has 4 aromatic rings. The first-order valence-corrected chi connectivity index (χ1v) is 10.2. The highest BCUT2D eigenvalue weighted by Crippen LogP contribution is 2.21. The number of pyridine rings is 1. The SMILES string of the molecule is O=c1c2ccc(N3CCN(Cc4cn5ccccc5n4)CC3)cc2ncn1CCO. The quantitative estimate of drug-likeness (QED) is 0.541. The van der Waals surface area contributed by atoms with E-state index in [0.717, 1.165) is 49.8 Å². The molecule has 0 aliphatic carbocycles. The van der Waals surface area contributed by atoms with E-state index < -0.39 is 0 Å². The summed E-state index contributed by atoms with van der Waals surface area (Å²) in [4.78, 5) is 26.3. The van der Waals surface area contributed by atoms with Crippen molar-refractivity contribution in [2.75, 3.05) is 37.7 Å². The summed E-state index contributed by atoms with van der Waals surface area (Å²) in [5.74, 6) is 0. The average Bonchev–Trinajstić information content (AvgIpc) is 3.18. The van der Waals surface area contributed by atoms with Crippen molar-refractivity contribution in [1.82, 2.24) is 23.8 Å². The second kappa shape index (κ2) is 7.89. The monoisotopic (exact) mass is 404 g/mol. The predicted molar refractivity (Wildman–Crippen MR) is 116 cm³/mol. The van der Waals surface area contributed by atoms with Crippen molar-refractivity contribution in [3.8, 4) is 0 Å². The second-order valence-electron chi connectivity index (χ2n) is 7.63. The Balaban J connectivity index is 1.27. The summed E-state index contributed by atoms with van der Waals surface area (Å²) in [6.07, 6.45) is 5.63. The number of fused-ring (bicyclic) bond motifs is 2. The van der Waals surface area contributed by atoms with E-state index in [9.17, 15) is 4.79 Å². The summed E-state index contributed by atoms with van der Waals surface area (Å²) in [7, 11) is 0. The first kappa shape index (κ1) is 18.8. The summed E-state index contributed by atoms with van der Waals surface area (Å²) < 4.78 is 3.50. The average molecular weight is 404 g/mol. The molecule has 1 saturated heterocycles. The lowest BCUT2D eigenvalue weighted by atomic mass is 10.2. The molecule has 0 atom stereocenters. The number of aromatic nitrogens is 4. The Kier molecular flexibility index (Phi) is 4.94. The van der Waals surface area contributed by atoms with Gasteiger partial charge in [-0.25, -0.2) is 9.97 Å². The van der Waals surface area contributed by atoms with Crippen LogP contribution in [-0.2, 0) is 13.1 Å². The van der Waals surface area contributed by atoms with Crippen LogP contribution in [-0.4, -0.2) is 61.7 Å². The van der Waals surface area contributed by atoms with Gasteiger partial charge in [-0.1, -0.05) is 6.07 Å². The molecular formula is C22H24N6O2.